The molecule has 0 fully saturated rings. The van der Waals surface area contributed by atoms with Crippen LogP contribution < -0.4 is 11.1 Å². The van der Waals surface area contributed by atoms with Crippen LogP contribution in [0.5, 0.6) is 0 Å². The Balaban J connectivity index is 2.25. The fraction of sp³-hybridized carbons (Fsp3) is 0.0769. The Bertz CT molecular complexity index is 578. The maximum absolute atomic E-state index is 12.1. The van der Waals surface area contributed by atoms with E-state index in [9.17, 15) is 4.79 Å². The highest BCUT2D eigenvalue weighted by Gasteiger charge is 2.09. The number of hydrogen-bond donors (Lipinski definition) is 2. The molecule has 3 N–H and O–H groups in total. The fourth-order valence-electron chi connectivity index (χ4n) is 1.58. The van der Waals surface area contributed by atoms with Crippen LogP contribution in [0.2, 0.25) is 0 Å². The van der Waals surface area contributed by atoms with Gasteiger partial charge in [0.25, 0.3) is 5.91 Å². The number of carbonyl (C=O) groups excluding carboxylic acids is 1. The Morgan fingerprint density at radius 2 is 2.06 bits per heavy atom. The molecule has 1 amide bonds. The second-order valence-corrected chi connectivity index (χ2v) is 4.71. The van der Waals surface area contributed by atoms with Crippen molar-refractivity contribution in [2.45, 2.75) is 6.92 Å². The molecule has 0 aliphatic rings. The van der Waals surface area contributed by atoms with Crippen molar-refractivity contribution in [3.63, 3.8) is 0 Å². The molecule has 92 valence electrons. The maximum atomic E-state index is 12.1. The normalized spacial score (nSPS) is 10.1. The number of nitrogens with two attached hydrogens (primary N) is 1. The van der Waals surface area contributed by atoms with Gasteiger partial charge in [-0.1, -0.05) is 12.1 Å². The first-order valence-corrected chi connectivity index (χ1v) is 6.15. The van der Waals surface area contributed by atoms with E-state index >= 15 is 0 Å². The molecule has 0 spiro atoms. The summed E-state index contributed by atoms with van der Waals surface area (Å²) in [6, 6.07) is 10.7. The van der Waals surface area contributed by atoms with E-state index < -0.39 is 0 Å². The number of nitrogens with zero attached hydrogens (tertiary/aromatic N) is 1. The zero-order valence-corrected chi connectivity index (χ0v) is 11.4. The van der Waals surface area contributed by atoms with E-state index in [1.54, 1.807) is 19.1 Å². The number of amides is 1. The van der Waals surface area contributed by atoms with Gasteiger partial charge >= 0.3 is 0 Å². The van der Waals surface area contributed by atoms with E-state index in [0.717, 1.165) is 10.2 Å². The lowest BCUT2D eigenvalue weighted by molar-refractivity contribution is 0.102. The van der Waals surface area contributed by atoms with Gasteiger partial charge in [-0.2, -0.15) is 0 Å². The minimum absolute atomic E-state index is 0.209. The third-order valence-electron chi connectivity index (χ3n) is 2.36. The van der Waals surface area contributed by atoms with Gasteiger partial charge in [0.15, 0.2) is 0 Å². The van der Waals surface area contributed by atoms with Crippen LogP contribution in [0, 0.1) is 6.92 Å². The van der Waals surface area contributed by atoms with Gasteiger partial charge in [0.1, 0.15) is 5.82 Å². The van der Waals surface area contributed by atoms with E-state index in [4.69, 9.17) is 5.73 Å². The van der Waals surface area contributed by atoms with Gasteiger partial charge in [-0.05, 0) is 47.1 Å². The molecule has 0 saturated carbocycles. The number of para-hydroxylation sites is 1. The summed E-state index contributed by atoms with van der Waals surface area (Å²) in [5.74, 6) is 0.131. The molecule has 4 nitrogen and oxygen atoms in total. The number of hydrogen-bond acceptors (Lipinski definition) is 3. The molecule has 2 aromatic rings. The summed E-state index contributed by atoms with van der Waals surface area (Å²) in [6.07, 6.45) is 0. The summed E-state index contributed by atoms with van der Waals surface area (Å²) in [7, 11) is 0. The first kappa shape index (κ1) is 12.6. The Kier molecular flexibility index (Phi) is 3.62. The molecular formula is C13H12BrN3O. The lowest BCUT2D eigenvalue weighted by Crippen LogP contribution is -2.13. The number of rotatable bonds is 2. The Labute approximate surface area is 113 Å². The highest BCUT2D eigenvalue weighted by molar-refractivity contribution is 9.10. The summed E-state index contributed by atoms with van der Waals surface area (Å²) in [5, 5.41) is 2.81. The van der Waals surface area contributed by atoms with Gasteiger partial charge in [-0.15, -0.1) is 0 Å². The largest absolute Gasteiger partial charge is 0.384 e. The zero-order valence-electron chi connectivity index (χ0n) is 9.77. The number of aromatic nitrogens is 1. The second kappa shape index (κ2) is 5.18. The molecular weight excluding hydrogens is 294 g/mol. The molecule has 1 aromatic heterocycles. The number of nitrogen functional groups attached to an aromatic ring is 1. The maximum Gasteiger partial charge on any atom is 0.255 e. The number of nitrogens with one attached hydrogen (secondary N) is 1. The fourth-order valence-corrected chi connectivity index (χ4v) is 1.97. The number of anilines is 2. The number of benzene rings is 1. The van der Waals surface area contributed by atoms with Crippen molar-refractivity contribution in [1.29, 1.82) is 0 Å². The lowest BCUT2D eigenvalue weighted by Gasteiger charge is -2.08. The third-order valence-corrected chi connectivity index (χ3v) is 3.05. The second-order valence-electron chi connectivity index (χ2n) is 3.86. The molecule has 2 rings (SSSR count). The third kappa shape index (κ3) is 2.87. The van der Waals surface area contributed by atoms with E-state index in [0.29, 0.717) is 17.1 Å². The van der Waals surface area contributed by atoms with Crippen LogP contribution in [0.25, 0.3) is 0 Å². The summed E-state index contributed by atoms with van der Waals surface area (Å²) in [5.41, 5.74) is 7.55. The zero-order chi connectivity index (χ0) is 13.1. The molecule has 0 saturated heterocycles. The van der Waals surface area contributed by atoms with E-state index in [1.807, 2.05) is 24.3 Å². The predicted molar refractivity (Wildman–Crippen MR) is 75.5 cm³/mol. The van der Waals surface area contributed by atoms with Crippen molar-refractivity contribution in [2.75, 3.05) is 11.1 Å². The molecule has 1 heterocycles. The molecule has 0 atom stereocenters. The lowest BCUT2D eigenvalue weighted by atomic mass is 10.2. The highest BCUT2D eigenvalue weighted by atomic mass is 79.9. The first-order valence-electron chi connectivity index (χ1n) is 5.36. The topological polar surface area (TPSA) is 68.0 Å². The van der Waals surface area contributed by atoms with Crippen LogP contribution in [-0.2, 0) is 0 Å². The van der Waals surface area contributed by atoms with Crippen LogP contribution >= 0.6 is 15.9 Å². The van der Waals surface area contributed by atoms with Crippen LogP contribution in [0.3, 0.4) is 0 Å². The minimum Gasteiger partial charge on any atom is -0.384 e. The summed E-state index contributed by atoms with van der Waals surface area (Å²) < 4.78 is 0.831. The molecule has 0 aliphatic heterocycles. The van der Waals surface area contributed by atoms with Crippen molar-refractivity contribution in [3.8, 4) is 0 Å². The van der Waals surface area contributed by atoms with Crippen LogP contribution in [-0.4, -0.2) is 10.9 Å². The number of pyridine rings is 1. The number of halogens is 1. The molecule has 0 aliphatic carbocycles. The summed E-state index contributed by atoms with van der Waals surface area (Å²) in [4.78, 5) is 16.1. The monoisotopic (exact) mass is 305 g/mol. The van der Waals surface area contributed by atoms with Crippen LogP contribution in [0.15, 0.2) is 40.9 Å². The first-order chi connectivity index (χ1) is 8.56. The Morgan fingerprint density at radius 3 is 2.72 bits per heavy atom. The average molecular weight is 306 g/mol. The van der Waals surface area contributed by atoms with E-state index in [2.05, 4.69) is 26.2 Å². The number of aryl methyl sites for hydroxylation is 1. The Hall–Kier alpha value is -1.88. The molecule has 18 heavy (non-hydrogen) atoms. The number of carbonyl (C=O) groups is 1. The van der Waals surface area contributed by atoms with Gasteiger partial charge in [0, 0.05) is 15.7 Å². The minimum atomic E-state index is -0.209. The summed E-state index contributed by atoms with van der Waals surface area (Å²) >= 11 is 3.37. The smallest absolute Gasteiger partial charge is 0.255 e. The van der Waals surface area contributed by atoms with Gasteiger partial charge in [-0.25, -0.2) is 4.98 Å². The van der Waals surface area contributed by atoms with Crippen molar-refractivity contribution >= 4 is 33.3 Å². The van der Waals surface area contributed by atoms with Gasteiger partial charge in [0.2, 0.25) is 0 Å². The van der Waals surface area contributed by atoms with Gasteiger partial charge < -0.3 is 11.1 Å². The van der Waals surface area contributed by atoms with E-state index in [-0.39, 0.29) is 5.91 Å². The van der Waals surface area contributed by atoms with E-state index in [1.165, 1.54) is 0 Å². The van der Waals surface area contributed by atoms with Crippen LogP contribution in [0.1, 0.15) is 16.1 Å². The van der Waals surface area contributed by atoms with Crippen molar-refractivity contribution in [2.24, 2.45) is 0 Å². The molecule has 5 heteroatoms. The molecule has 0 bridgehead atoms. The molecule has 0 unspecified atom stereocenters. The molecule has 0 radical (unpaired) electrons. The SMILES string of the molecule is Cc1cc(C(=O)Nc2ccccc2Br)cc(N)n1. The highest BCUT2D eigenvalue weighted by Crippen LogP contribution is 2.22. The summed E-state index contributed by atoms with van der Waals surface area (Å²) in [6.45, 7) is 1.80. The van der Waals surface area contributed by atoms with Crippen molar-refractivity contribution < 1.29 is 4.79 Å². The standard InChI is InChI=1S/C13H12BrN3O/c1-8-6-9(7-12(15)16-8)13(18)17-11-5-3-2-4-10(11)14/h2-7H,1H3,(H2,15,16)(H,17,18). The van der Waals surface area contributed by atoms with Gasteiger partial charge in [-0.3, -0.25) is 4.79 Å². The van der Waals surface area contributed by atoms with Gasteiger partial charge in [0.05, 0.1) is 5.69 Å². The predicted octanol–water partition coefficient (Wildman–Crippen LogP) is 2.99. The Morgan fingerprint density at radius 1 is 1.33 bits per heavy atom. The average Bonchev–Trinajstić information content (AvgIpc) is 2.31. The van der Waals surface area contributed by atoms with Crippen LogP contribution in [0.4, 0.5) is 11.5 Å². The van der Waals surface area contributed by atoms with Crippen molar-refractivity contribution in [3.05, 3.63) is 52.1 Å². The quantitative estimate of drug-likeness (QED) is 0.896. The molecule has 1 aromatic carbocycles. The van der Waals surface area contributed by atoms with Crippen molar-refractivity contribution in [1.82, 2.24) is 4.98 Å².